The van der Waals surface area contributed by atoms with Crippen molar-refractivity contribution in [3.63, 3.8) is 0 Å². The summed E-state index contributed by atoms with van der Waals surface area (Å²) in [6, 6.07) is 15.2. The number of piperazine rings is 1. The van der Waals surface area contributed by atoms with Crippen molar-refractivity contribution >= 4 is 28.5 Å². The van der Waals surface area contributed by atoms with Crippen molar-refractivity contribution in [3.8, 4) is 5.75 Å². The number of methoxy groups -OCH3 is 1. The van der Waals surface area contributed by atoms with Crippen molar-refractivity contribution in [2.24, 2.45) is 0 Å². The van der Waals surface area contributed by atoms with E-state index < -0.39 is 5.97 Å². The SMILES string of the molecule is CCOC(=O)c1cc2cc(N3CCN(C(=O)Cc4ccc(OC)cc4)CC3)ccc2o1. The van der Waals surface area contributed by atoms with Crippen LogP contribution in [-0.4, -0.2) is 56.7 Å². The van der Waals surface area contributed by atoms with Crippen molar-refractivity contribution in [2.45, 2.75) is 13.3 Å². The van der Waals surface area contributed by atoms with E-state index in [9.17, 15) is 9.59 Å². The lowest BCUT2D eigenvalue weighted by molar-refractivity contribution is -0.130. The van der Waals surface area contributed by atoms with Crippen molar-refractivity contribution in [1.82, 2.24) is 4.90 Å². The highest BCUT2D eigenvalue weighted by Gasteiger charge is 2.22. The van der Waals surface area contributed by atoms with Crippen molar-refractivity contribution in [1.29, 1.82) is 0 Å². The Labute approximate surface area is 181 Å². The molecule has 3 aromatic rings. The Morgan fingerprint density at radius 2 is 1.74 bits per heavy atom. The molecule has 0 spiro atoms. The van der Waals surface area contributed by atoms with Gasteiger partial charge in [0.1, 0.15) is 11.3 Å². The first-order chi connectivity index (χ1) is 15.1. The molecule has 2 aromatic carbocycles. The van der Waals surface area contributed by atoms with Gasteiger partial charge in [0.25, 0.3) is 0 Å². The van der Waals surface area contributed by atoms with Crippen LogP contribution in [-0.2, 0) is 16.0 Å². The van der Waals surface area contributed by atoms with Crippen LogP contribution in [0.2, 0.25) is 0 Å². The lowest BCUT2D eigenvalue weighted by Crippen LogP contribution is -2.49. The molecular weight excluding hydrogens is 396 g/mol. The second-order valence-electron chi connectivity index (χ2n) is 7.45. The van der Waals surface area contributed by atoms with Crippen LogP contribution in [0.5, 0.6) is 5.75 Å². The summed E-state index contributed by atoms with van der Waals surface area (Å²) in [4.78, 5) is 28.7. The minimum atomic E-state index is -0.454. The Kier molecular flexibility index (Phi) is 6.11. The smallest absolute Gasteiger partial charge is 0.374 e. The minimum Gasteiger partial charge on any atom is -0.497 e. The molecule has 0 bridgehead atoms. The standard InChI is InChI=1S/C24H26N2O5/c1-3-30-24(28)22-16-18-15-19(6-9-21(18)31-22)25-10-12-26(13-11-25)23(27)14-17-4-7-20(29-2)8-5-17/h4-9,15-16H,3,10-14H2,1-2H3. The zero-order valence-corrected chi connectivity index (χ0v) is 17.8. The van der Waals surface area contributed by atoms with E-state index in [2.05, 4.69) is 4.90 Å². The molecule has 4 rings (SSSR count). The molecule has 31 heavy (non-hydrogen) atoms. The number of benzene rings is 2. The highest BCUT2D eigenvalue weighted by Crippen LogP contribution is 2.26. The number of amides is 1. The van der Waals surface area contributed by atoms with Crippen LogP contribution >= 0.6 is 0 Å². The first-order valence-electron chi connectivity index (χ1n) is 10.4. The number of ether oxygens (including phenoxy) is 2. The third-order valence-electron chi connectivity index (χ3n) is 5.49. The first kappa shape index (κ1) is 20.8. The monoisotopic (exact) mass is 422 g/mol. The Hall–Kier alpha value is -3.48. The Balaban J connectivity index is 1.36. The predicted molar refractivity (Wildman–Crippen MR) is 118 cm³/mol. The molecule has 0 atom stereocenters. The second kappa shape index (κ2) is 9.12. The zero-order valence-electron chi connectivity index (χ0n) is 17.8. The number of anilines is 1. The first-order valence-corrected chi connectivity index (χ1v) is 10.4. The summed E-state index contributed by atoms with van der Waals surface area (Å²) in [5.41, 5.74) is 2.68. The van der Waals surface area contributed by atoms with Crippen LogP contribution in [0.25, 0.3) is 11.0 Å². The van der Waals surface area contributed by atoms with E-state index in [4.69, 9.17) is 13.9 Å². The van der Waals surface area contributed by atoms with Gasteiger partial charge in [-0.25, -0.2) is 4.79 Å². The highest BCUT2D eigenvalue weighted by molar-refractivity contribution is 5.93. The van der Waals surface area contributed by atoms with Gasteiger partial charge in [-0.3, -0.25) is 4.79 Å². The summed E-state index contributed by atoms with van der Waals surface area (Å²) in [5.74, 6) is 0.676. The maximum Gasteiger partial charge on any atom is 0.374 e. The highest BCUT2D eigenvalue weighted by atomic mass is 16.5. The number of carbonyl (C=O) groups is 2. The topological polar surface area (TPSA) is 72.2 Å². The quantitative estimate of drug-likeness (QED) is 0.566. The van der Waals surface area contributed by atoms with Crippen LogP contribution in [0.1, 0.15) is 23.0 Å². The number of fused-ring (bicyclic) bond motifs is 1. The van der Waals surface area contributed by atoms with Gasteiger partial charge in [-0.1, -0.05) is 12.1 Å². The van der Waals surface area contributed by atoms with E-state index in [0.717, 1.165) is 35.5 Å². The molecule has 0 aliphatic carbocycles. The lowest BCUT2D eigenvalue weighted by atomic mass is 10.1. The van der Waals surface area contributed by atoms with Gasteiger partial charge in [0.15, 0.2) is 0 Å². The Morgan fingerprint density at radius 1 is 1.00 bits per heavy atom. The fraction of sp³-hybridized carbons (Fsp3) is 0.333. The van der Waals surface area contributed by atoms with Gasteiger partial charge in [0.05, 0.1) is 20.1 Å². The van der Waals surface area contributed by atoms with E-state index in [1.54, 1.807) is 20.1 Å². The number of furan rings is 1. The van der Waals surface area contributed by atoms with Gasteiger partial charge in [0.2, 0.25) is 11.7 Å². The van der Waals surface area contributed by atoms with Crippen molar-refractivity contribution in [2.75, 3.05) is 44.8 Å². The number of hydrogen-bond acceptors (Lipinski definition) is 6. The summed E-state index contributed by atoms with van der Waals surface area (Å²) < 4.78 is 15.8. The van der Waals surface area contributed by atoms with E-state index in [-0.39, 0.29) is 11.7 Å². The van der Waals surface area contributed by atoms with Crippen LogP contribution in [0.15, 0.2) is 52.9 Å². The molecule has 0 unspecified atom stereocenters. The van der Waals surface area contributed by atoms with Crippen LogP contribution < -0.4 is 9.64 Å². The molecule has 2 heterocycles. The van der Waals surface area contributed by atoms with Crippen LogP contribution in [0.3, 0.4) is 0 Å². The summed E-state index contributed by atoms with van der Waals surface area (Å²) >= 11 is 0. The Morgan fingerprint density at radius 3 is 2.42 bits per heavy atom. The van der Waals surface area contributed by atoms with Gasteiger partial charge in [-0.05, 0) is 48.9 Å². The summed E-state index contributed by atoms with van der Waals surface area (Å²) in [6.07, 6.45) is 0.390. The molecule has 1 fully saturated rings. The number of carbonyl (C=O) groups excluding carboxylic acids is 2. The van der Waals surface area contributed by atoms with E-state index in [1.807, 2.05) is 47.4 Å². The van der Waals surface area contributed by atoms with Crippen molar-refractivity contribution in [3.05, 3.63) is 59.9 Å². The van der Waals surface area contributed by atoms with E-state index >= 15 is 0 Å². The number of hydrogen-bond donors (Lipinski definition) is 0. The molecule has 7 nitrogen and oxygen atoms in total. The third-order valence-corrected chi connectivity index (χ3v) is 5.49. The Bertz CT molecular complexity index is 1070. The van der Waals surface area contributed by atoms with Crippen LogP contribution in [0, 0.1) is 0 Å². The van der Waals surface area contributed by atoms with Gasteiger partial charge in [-0.15, -0.1) is 0 Å². The molecule has 1 saturated heterocycles. The number of esters is 1. The largest absolute Gasteiger partial charge is 0.497 e. The van der Waals surface area contributed by atoms with Gasteiger partial charge < -0.3 is 23.7 Å². The van der Waals surface area contributed by atoms with Crippen LogP contribution in [0.4, 0.5) is 5.69 Å². The third kappa shape index (κ3) is 4.66. The summed E-state index contributed by atoms with van der Waals surface area (Å²) in [7, 11) is 1.63. The lowest BCUT2D eigenvalue weighted by Gasteiger charge is -2.36. The molecule has 0 N–H and O–H groups in total. The molecule has 1 aromatic heterocycles. The predicted octanol–water partition coefficient (Wildman–Crippen LogP) is 3.51. The van der Waals surface area contributed by atoms with E-state index in [0.29, 0.717) is 31.7 Å². The molecule has 1 aliphatic heterocycles. The normalized spacial score (nSPS) is 14.0. The van der Waals surface area contributed by atoms with E-state index in [1.165, 1.54) is 0 Å². The molecule has 162 valence electrons. The summed E-state index contributed by atoms with van der Waals surface area (Å²) in [6.45, 7) is 4.92. The minimum absolute atomic E-state index is 0.134. The number of nitrogens with zero attached hydrogens (tertiary/aromatic N) is 2. The average molecular weight is 422 g/mol. The van der Waals surface area contributed by atoms with Gasteiger partial charge in [-0.2, -0.15) is 0 Å². The zero-order chi connectivity index (χ0) is 21.8. The van der Waals surface area contributed by atoms with Gasteiger partial charge >= 0.3 is 5.97 Å². The molecular formula is C24H26N2O5. The molecule has 0 radical (unpaired) electrons. The maximum absolute atomic E-state index is 12.7. The summed E-state index contributed by atoms with van der Waals surface area (Å²) in [5, 5.41) is 0.860. The second-order valence-corrected chi connectivity index (χ2v) is 7.45. The van der Waals surface area contributed by atoms with Crippen molar-refractivity contribution < 1.29 is 23.5 Å². The molecule has 7 heteroatoms. The molecule has 1 amide bonds. The number of rotatable bonds is 6. The fourth-order valence-electron chi connectivity index (χ4n) is 3.77. The molecule has 1 aliphatic rings. The molecule has 0 saturated carbocycles. The fourth-order valence-corrected chi connectivity index (χ4v) is 3.77. The maximum atomic E-state index is 12.7. The van der Waals surface area contributed by atoms with Gasteiger partial charge in [0, 0.05) is 37.3 Å². The average Bonchev–Trinajstić information content (AvgIpc) is 3.23.